The molecule has 2 aromatic carbocycles. The quantitative estimate of drug-likeness (QED) is 0.693. The maximum absolute atomic E-state index is 13.5. The number of esters is 2. The van der Waals surface area contributed by atoms with Crippen molar-refractivity contribution < 1.29 is 23.9 Å². The lowest BCUT2D eigenvalue weighted by molar-refractivity contribution is -0.149. The molecule has 0 aromatic heterocycles. The molecular weight excluding hydrogens is 370 g/mol. The second kappa shape index (κ2) is 9.87. The molecule has 0 saturated heterocycles. The molecule has 0 radical (unpaired) electrons. The highest BCUT2D eigenvalue weighted by Crippen LogP contribution is 2.32. The van der Waals surface area contributed by atoms with E-state index in [9.17, 15) is 14.4 Å². The molecule has 0 aliphatic carbocycles. The number of hydrogen-bond acceptors (Lipinski definition) is 5. The summed E-state index contributed by atoms with van der Waals surface area (Å²) in [5.41, 5.74) is 0.533. The molecule has 0 unspecified atom stereocenters. The van der Waals surface area contributed by atoms with E-state index in [1.54, 1.807) is 6.92 Å². The first kappa shape index (κ1) is 22.1. The molecule has 1 N–H and O–H groups in total. The molecule has 6 heteroatoms. The molecule has 2 aromatic rings. The van der Waals surface area contributed by atoms with Crippen molar-refractivity contribution in [3.8, 4) is 0 Å². The molecule has 0 aliphatic heterocycles. The van der Waals surface area contributed by atoms with Crippen LogP contribution in [0.25, 0.3) is 0 Å². The largest absolute Gasteiger partial charge is 0.469 e. The van der Waals surface area contributed by atoms with Gasteiger partial charge in [-0.05, 0) is 24.5 Å². The average molecular weight is 397 g/mol. The van der Waals surface area contributed by atoms with Crippen molar-refractivity contribution in [3.63, 3.8) is 0 Å². The molecule has 0 aliphatic rings. The third-order valence-electron chi connectivity index (χ3n) is 5.14. The summed E-state index contributed by atoms with van der Waals surface area (Å²) in [5.74, 6) is -2.01. The van der Waals surface area contributed by atoms with Gasteiger partial charge in [0.1, 0.15) is 6.04 Å². The van der Waals surface area contributed by atoms with E-state index in [4.69, 9.17) is 9.47 Å². The van der Waals surface area contributed by atoms with Crippen LogP contribution in [-0.4, -0.2) is 38.1 Å². The first-order valence-electron chi connectivity index (χ1n) is 9.42. The van der Waals surface area contributed by atoms with Crippen LogP contribution in [-0.2, 0) is 29.3 Å². The van der Waals surface area contributed by atoms with E-state index in [0.29, 0.717) is 0 Å². The molecule has 29 heavy (non-hydrogen) atoms. The minimum atomic E-state index is -1.04. The van der Waals surface area contributed by atoms with E-state index < -0.39 is 29.3 Å². The van der Waals surface area contributed by atoms with Crippen LogP contribution in [0, 0.1) is 5.92 Å². The Morgan fingerprint density at radius 2 is 1.31 bits per heavy atom. The third kappa shape index (κ3) is 5.02. The van der Waals surface area contributed by atoms with E-state index in [-0.39, 0.29) is 12.3 Å². The fourth-order valence-electron chi connectivity index (χ4n) is 3.28. The number of methoxy groups -OCH3 is 2. The number of rotatable bonds is 8. The van der Waals surface area contributed by atoms with Gasteiger partial charge in [0, 0.05) is 0 Å². The van der Waals surface area contributed by atoms with Gasteiger partial charge in [-0.25, -0.2) is 4.79 Å². The smallest absolute Gasteiger partial charge is 0.328 e. The zero-order valence-corrected chi connectivity index (χ0v) is 17.2. The molecular formula is C23H27NO5. The Balaban J connectivity index is 2.39. The Kier molecular flexibility index (Phi) is 7.53. The monoisotopic (exact) mass is 397 g/mol. The predicted molar refractivity (Wildman–Crippen MR) is 109 cm³/mol. The van der Waals surface area contributed by atoms with Gasteiger partial charge in [0.25, 0.3) is 0 Å². The fourth-order valence-corrected chi connectivity index (χ4v) is 3.28. The van der Waals surface area contributed by atoms with Crippen molar-refractivity contribution in [2.45, 2.75) is 31.7 Å². The maximum Gasteiger partial charge on any atom is 0.328 e. The fraction of sp³-hybridized carbons (Fsp3) is 0.348. The molecule has 2 rings (SSSR count). The number of carbonyl (C=O) groups is 3. The van der Waals surface area contributed by atoms with Gasteiger partial charge in [0.05, 0.1) is 25.6 Å². The Hall–Kier alpha value is -3.15. The van der Waals surface area contributed by atoms with Gasteiger partial charge < -0.3 is 14.8 Å². The van der Waals surface area contributed by atoms with Gasteiger partial charge in [-0.2, -0.15) is 0 Å². The van der Waals surface area contributed by atoms with Crippen molar-refractivity contribution in [2.24, 2.45) is 5.92 Å². The van der Waals surface area contributed by atoms with Crippen LogP contribution in [0.4, 0.5) is 0 Å². The van der Waals surface area contributed by atoms with Gasteiger partial charge in [-0.15, -0.1) is 0 Å². The molecule has 2 atom stereocenters. The third-order valence-corrected chi connectivity index (χ3v) is 5.14. The number of nitrogens with one attached hydrogen (secondary N) is 1. The lowest BCUT2D eigenvalue weighted by Crippen LogP contribution is -2.51. The highest BCUT2D eigenvalue weighted by Gasteiger charge is 2.39. The first-order chi connectivity index (χ1) is 13.8. The summed E-state index contributed by atoms with van der Waals surface area (Å²) in [6.45, 7) is 3.45. The van der Waals surface area contributed by atoms with Crippen molar-refractivity contribution in [1.29, 1.82) is 0 Å². The van der Waals surface area contributed by atoms with Crippen LogP contribution in [0.1, 0.15) is 31.4 Å². The number of amides is 1. The van der Waals surface area contributed by atoms with Crippen LogP contribution >= 0.6 is 0 Å². The van der Waals surface area contributed by atoms with Crippen LogP contribution in [0.15, 0.2) is 60.7 Å². The minimum absolute atomic E-state index is 0.0742. The zero-order valence-electron chi connectivity index (χ0n) is 17.2. The Morgan fingerprint density at radius 1 is 0.862 bits per heavy atom. The molecule has 0 spiro atoms. The molecule has 0 fully saturated rings. The first-order valence-corrected chi connectivity index (χ1v) is 9.42. The number of benzene rings is 2. The number of hydrogen-bond donors (Lipinski definition) is 1. The highest BCUT2D eigenvalue weighted by atomic mass is 16.5. The molecule has 0 bridgehead atoms. The predicted octanol–water partition coefficient (Wildman–Crippen LogP) is 2.85. The van der Waals surface area contributed by atoms with E-state index in [1.165, 1.54) is 14.2 Å². The molecule has 6 nitrogen and oxygen atoms in total. The number of carbonyl (C=O) groups excluding carboxylic acids is 3. The van der Waals surface area contributed by atoms with Crippen LogP contribution in [0.2, 0.25) is 0 Å². The average Bonchev–Trinajstić information content (AvgIpc) is 2.77. The lowest BCUT2D eigenvalue weighted by Gasteiger charge is -2.31. The molecule has 154 valence electrons. The molecule has 0 saturated carbocycles. The van der Waals surface area contributed by atoms with Gasteiger partial charge in [-0.3, -0.25) is 9.59 Å². The highest BCUT2D eigenvalue weighted by molar-refractivity contribution is 5.94. The summed E-state index contributed by atoms with van der Waals surface area (Å²) < 4.78 is 9.58. The van der Waals surface area contributed by atoms with E-state index in [0.717, 1.165) is 11.1 Å². The topological polar surface area (TPSA) is 81.7 Å². The SMILES string of the molecule is COC(=O)[C@H](C)C[C@@H](NC(=O)C(C)(c1ccccc1)c1ccccc1)C(=O)OC. The van der Waals surface area contributed by atoms with Crippen molar-refractivity contribution in [1.82, 2.24) is 5.32 Å². The summed E-state index contributed by atoms with van der Waals surface area (Å²) in [4.78, 5) is 37.6. The van der Waals surface area contributed by atoms with E-state index in [1.807, 2.05) is 67.6 Å². The normalized spacial score (nSPS) is 13.1. The minimum Gasteiger partial charge on any atom is -0.469 e. The lowest BCUT2D eigenvalue weighted by atomic mass is 9.75. The summed E-state index contributed by atoms with van der Waals surface area (Å²) >= 11 is 0. The second-order valence-corrected chi connectivity index (χ2v) is 7.07. The van der Waals surface area contributed by atoms with Gasteiger partial charge >= 0.3 is 11.9 Å². The summed E-state index contributed by atoms with van der Waals surface area (Å²) in [7, 11) is 2.53. The molecule has 0 heterocycles. The van der Waals surface area contributed by atoms with Crippen LogP contribution in [0.3, 0.4) is 0 Å². The zero-order chi connectivity index (χ0) is 21.4. The Labute approximate surface area is 171 Å². The van der Waals surface area contributed by atoms with E-state index in [2.05, 4.69) is 5.32 Å². The van der Waals surface area contributed by atoms with Crippen molar-refractivity contribution in [3.05, 3.63) is 71.8 Å². The van der Waals surface area contributed by atoms with Crippen molar-refractivity contribution in [2.75, 3.05) is 14.2 Å². The van der Waals surface area contributed by atoms with Crippen molar-refractivity contribution >= 4 is 17.8 Å². The molecule has 1 amide bonds. The maximum atomic E-state index is 13.5. The summed E-state index contributed by atoms with van der Waals surface area (Å²) in [6.07, 6.45) is 0.0742. The Bertz CT molecular complexity index is 795. The summed E-state index contributed by atoms with van der Waals surface area (Å²) in [5, 5.41) is 2.79. The van der Waals surface area contributed by atoms with Gasteiger partial charge in [-0.1, -0.05) is 67.6 Å². The van der Waals surface area contributed by atoms with Crippen LogP contribution < -0.4 is 5.32 Å². The van der Waals surface area contributed by atoms with Crippen LogP contribution in [0.5, 0.6) is 0 Å². The van der Waals surface area contributed by atoms with E-state index >= 15 is 0 Å². The Morgan fingerprint density at radius 3 is 1.72 bits per heavy atom. The second-order valence-electron chi connectivity index (χ2n) is 7.07. The summed E-state index contributed by atoms with van der Waals surface area (Å²) in [6, 6.07) is 17.7. The van der Waals surface area contributed by atoms with Gasteiger partial charge in [0.2, 0.25) is 5.91 Å². The standard InChI is InChI=1S/C23H27NO5/c1-16(20(25)28-3)15-19(21(26)29-4)24-22(27)23(2,17-11-7-5-8-12-17)18-13-9-6-10-14-18/h5-14,16,19H,15H2,1-4H3,(H,24,27)/t16-,19-/m1/s1. The number of ether oxygens (including phenoxy) is 2. The van der Waals surface area contributed by atoms with Gasteiger partial charge in [0.15, 0.2) is 0 Å².